The van der Waals surface area contributed by atoms with Crippen LogP contribution in [0.2, 0.25) is 0 Å². The van der Waals surface area contributed by atoms with Crippen LogP contribution in [0.5, 0.6) is 0 Å². The standard InChI is InChI=1S/C15H19N5O/c1-11-10-12(2)18-15(17-11)20(9-8-14(16)19-21)13-6-4-3-5-7-13/h3-7,10,21H,8-9H2,1-2H3,(H2,16,19). The minimum Gasteiger partial charge on any atom is -0.409 e. The molecule has 6 heteroatoms. The molecule has 2 aromatic rings. The monoisotopic (exact) mass is 285 g/mol. The van der Waals surface area contributed by atoms with E-state index in [1.807, 2.05) is 55.1 Å². The van der Waals surface area contributed by atoms with E-state index in [0.717, 1.165) is 17.1 Å². The topological polar surface area (TPSA) is 87.6 Å². The van der Waals surface area contributed by atoms with Crippen LogP contribution in [0.1, 0.15) is 17.8 Å². The number of hydrogen-bond acceptors (Lipinski definition) is 5. The Morgan fingerprint density at radius 2 is 1.81 bits per heavy atom. The van der Waals surface area contributed by atoms with Gasteiger partial charge in [0.1, 0.15) is 5.84 Å². The maximum absolute atomic E-state index is 8.69. The number of oxime groups is 1. The zero-order valence-corrected chi connectivity index (χ0v) is 12.2. The fourth-order valence-corrected chi connectivity index (χ4v) is 2.06. The molecule has 0 saturated heterocycles. The smallest absolute Gasteiger partial charge is 0.230 e. The summed E-state index contributed by atoms with van der Waals surface area (Å²) in [5, 5.41) is 11.7. The van der Waals surface area contributed by atoms with Crippen LogP contribution in [-0.4, -0.2) is 27.6 Å². The molecule has 1 heterocycles. The summed E-state index contributed by atoms with van der Waals surface area (Å²) in [5.74, 6) is 0.796. The molecule has 1 aromatic heterocycles. The molecule has 0 spiro atoms. The number of anilines is 2. The summed E-state index contributed by atoms with van der Waals surface area (Å²) < 4.78 is 0. The van der Waals surface area contributed by atoms with Crippen LogP contribution < -0.4 is 10.6 Å². The second-order valence-corrected chi connectivity index (χ2v) is 4.78. The van der Waals surface area contributed by atoms with Crippen molar-refractivity contribution in [2.45, 2.75) is 20.3 Å². The number of nitrogens with two attached hydrogens (primary N) is 1. The normalized spacial score (nSPS) is 11.4. The van der Waals surface area contributed by atoms with Crippen molar-refractivity contribution in [2.75, 3.05) is 11.4 Å². The number of aromatic nitrogens is 2. The fourth-order valence-electron chi connectivity index (χ4n) is 2.06. The molecule has 3 N–H and O–H groups in total. The molecule has 0 aliphatic carbocycles. The summed E-state index contributed by atoms with van der Waals surface area (Å²) in [7, 11) is 0. The van der Waals surface area contributed by atoms with Crippen molar-refractivity contribution in [1.82, 2.24) is 9.97 Å². The van der Waals surface area contributed by atoms with Gasteiger partial charge < -0.3 is 15.8 Å². The average molecular weight is 285 g/mol. The highest BCUT2D eigenvalue weighted by molar-refractivity contribution is 5.80. The Morgan fingerprint density at radius 3 is 2.38 bits per heavy atom. The summed E-state index contributed by atoms with van der Waals surface area (Å²) in [6.45, 7) is 4.40. The number of aryl methyl sites for hydroxylation is 2. The Labute approximate surface area is 123 Å². The zero-order valence-electron chi connectivity index (χ0n) is 12.2. The van der Waals surface area contributed by atoms with Gasteiger partial charge >= 0.3 is 0 Å². The highest BCUT2D eigenvalue weighted by Crippen LogP contribution is 2.22. The van der Waals surface area contributed by atoms with E-state index < -0.39 is 0 Å². The number of nitrogens with zero attached hydrogens (tertiary/aromatic N) is 4. The molecule has 0 radical (unpaired) electrons. The van der Waals surface area contributed by atoms with Crippen molar-refractivity contribution in [2.24, 2.45) is 10.9 Å². The lowest BCUT2D eigenvalue weighted by Gasteiger charge is -2.23. The fraction of sp³-hybridized carbons (Fsp3) is 0.267. The van der Waals surface area contributed by atoms with Crippen molar-refractivity contribution in [3.8, 4) is 0 Å². The van der Waals surface area contributed by atoms with Crippen LogP contribution >= 0.6 is 0 Å². The van der Waals surface area contributed by atoms with Gasteiger partial charge in [0.2, 0.25) is 5.95 Å². The van der Waals surface area contributed by atoms with Crippen molar-refractivity contribution in [3.05, 3.63) is 47.8 Å². The van der Waals surface area contributed by atoms with Gasteiger partial charge in [-0.3, -0.25) is 0 Å². The number of hydrogen-bond donors (Lipinski definition) is 2. The number of rotatable bonds is 5. The molecule has 0 aliphatic rings. The van der Waals surface area contributed by atoms with Crippen molar-refractivity contribution in [3.63, 3.8) is 0 Å². The van der Waals surface area contributed by atoms with E-state index in [2.05, 4.69) is 15.1 Å². The third-order valence-electron chi connectivity index (χ3n) is 3.00. The molecule has 0 amide bonds. The summed E-state index contributed by atoms with van der Waals surface area (Å²) in [5.41, 5.74) is 8.35. The Bertz CT molecular complexity index is 607. The lowest BCUT2D eigenvalue weighted by atomic mass is 10.2. The minimum atomic E-state index is 0.181. The number of amidine groups is 1. The van der Waals surface area contributed by atoms with E-state index in [1.165, 1.54) is 0 Å². The van der Waals surface area contributed by atoms with Gasteiger partial charge in [0.15, 0.2) is 0 Å². The van der Waals surface area contributed by atoms with Crippen molar-refractivity contribution in [1.29, 1.82) is 0 Å². The van der Waals surface area contributed by atoms with E-state index in [9.17, 15) is 0 Å². The lowest BCUT2D eigenvalue weighted by molar-refractivity contribution is 0.317. The molecule has 0 aliphatic heterocycles. The second kappa shape index (κ2) is 6.69. The number of benzene rings is 1. The van der Waals surface area contributed by atoms with Crippen LogP contribution in [-0.2, 0) is 0 Å². The Hall–Kier alpha value is -2.63. The van der Waals surface area contributed by atoms with Gasteiger partial charge in [0, 0.05) is 30.0 Å². The lowest BCUT2D eigenvalue weighted by Crippen LogP contribution is -2.26. The van der Waals surface area contributed by atoms with Crippen molar-refractivity contribution < 1.29 is 5.21 Å². The summed E-state index contributed by atoms with van der Waals surface area (Å²) in [4.78, 5) is 10.9. The minimum absolute atomic E-state index is 0.181. The van der Waals surface area contributed by atoms with Crippen LogP contribution in [0.15, 0.2) is 41.6 Å². The Kier molecular flexibility index (Phi) is 4.71. The molecule has 0 atom stereocenters. The predicted molar refractivity (Wildman–Crippen MR) is 83.0 cm³/mol. The molecular formula is C15H19N5O. The van der Waals surface area contributed by atoms with Gasteiger partial charge in [-0.2, -0.15) is 0 Å². The quantitative estimate of drug-likeness (QED) is 0.381. The molecule has 6 nitrogen and oxygen atoms in total. The summed E-state index contributed by atoms with van der Waals surface area (Å²) in [6.07, 6.45) is 0.418. The third kappa shape index (κ3) is 3.92. The van der Waals surface area contributed by atoms with Crippen LogP contribution in [0.25, 0.3) is 0 Å². The molecule has 2 rings (SSSR count). The molecular weight excluding hydrogens is 266 g/mol. The first-order valence-corrected chi connectivity index (χ1v) is 6.71. The van der Waals surface area contributed by atoms with Crippen LogP contribution in [0.4, 0.5) is 11.6 Å². The highest BCUT2D eigenvalue weighted by atomic mass is 16.4. The molecule has 110 valence electrons. The first-order chi connectivity index (χ1) is 10.1. The van der Waals surface area contributed by atoms with Crippen LogP contribution in [0.3, 0.4) is 0 Å². The Balaban J connectivity index is 2.35. The first-order valence-electron chi connectivity index (χ1n) is 6.71. The maximum atomic E-state index is 8.69. The van der Waals surface area contributed by atoms with E-state index >= 15 is 0 Å². The van der Waals surface area contributed by atoms with E-state index in [1.54, 1.807) is 0 Å². The highest BCUT2D eigenvalue weighted by Gasteiger charge is 2.13. The van der Waals surface area contributed by atoms with E-state index in [-0.39, 0.29) is 5.84 Å². The summed E-state index contributed by atoms with van der Waals surface area (Å²) in [6, 6.07) is 11.7. The molecule has 0 fully saturated rings. The van der Waals surface area contributed by atoms with Crippen molar-refractivity contribution >= 4 is 17.5 Å². The zero-order chi connectivity index (χ0) is 15.2. The first kappa shape index (κ1) is 14.8. The largest absolute Gasteiger partial charge is 0.409 e. The van der Waals surface area contributed by atoms with Gasteiger partial charge in [-0.25, -0.2) is 9.97 Å². The number of para-hydroxylation sites is 1. The van der Waals surface area contributed by atoms with E-state index in [0.29, 0.717) is 18.9 Å². The third-order valence-corrected chi connectivity index (χ3v) is 3.00. The second-order valence-electron chi connectivity index (χ2n) is 4.78. The molecule has 21 heavy (non-hydrogen) atoms. The van der Waals surface area contributed by atoms with Gasteiger partial charge in [0.05, 0.1) is 0 Å². The van der Waals surface area contributed by atoms with Gasteiger partial charge in [-0.1, -0.05) is 23.4 Å². The molecule has 0 unspecified atom stereocenters. The maximum Gasteiger partial charge on any atom is 0.230 e. The molecule has 0 saturated carbocycles. The summed E-state index contributed by atoms with van der Waals surface area (Å²) >= 11 is 0. The predicted octanol–water partition coefficient (Wildman–Crippen LogP) is 2.37. The van der Waals surface area contributed by atoms with E-state index in [4.69, 9.17) is 10.9 Å². The van der Waals surface area contributed by atoms with Gasteiger partial charge in [-0.05, 0) is 32.0 Å². The SMILES string of the molecule is Cc1cc(C)nc(N(CC/C(N)=N/O)c2ccccc2)n1. The molecule has 0 bridgehead atoms. The van der Waals surface area contributed by atoms with Crippen LogP contribution in [0, 0.1) is 13.8 Å². The van der Waals surface area contributed by atoms with Gasteiger partial charge in [0.25, 0.3) is 0 Å². The molecule has 1 aromatic carbocycles. The average Bonchev–Trinajstić information content (AvgIpc) is 2.47. The van der Waals surface area contributed by atoms with Gasteiger partial charge in [-0.15, -0.1) is 0 Å². The Morgan fingerprint density at radius 1 is 1.19 bits per heavy atom.